The van der Waals surface area contributed by atoms with Gasteiger partial charge in [0.05, 0.1) is 18.7 Å². The fourth-order valence-corrected chi connectivity index (χ4v) is 2.53. The number of hydrogen-bond donors (Lipinski definition) is 4. The standard InChI is InChI=1S/C18H23N5O4.C2HF3O2/c1-3-27-16(25)10-12(2)21-15(24)11-22-8-9-23(18(22)26)14-6-4-13(5-7-14)17(19)20;3-2(4,5)1(6)7/h4-9,12H,3,10-11H2,1-2H3,(H3,19,20)(H,21,24);(H,6,7). The number of nitrogens with two attached hydrogens (primary N) is 1. The van der Waals surface area contributed by atoms with Crippen LogP contribution >= 0.6 is 0 Å². The van der Waals surface area contributed by atoms with Crippen LogP contribution in [0.1, 0.15) is 25.8 Å². The van der Waals surface area contributed by atoms with Gasteiger partial charge < -0.3 is 20.9 Å². The molecule has 0 aliphatic rings. The molecule has 0 fully saturated rings. The Kier molecular flexibility index (Phi) is 10.0. The molecule has 2 rings (SSSR count). The van der Waals surface area contributed by atoms with Gasteiger partial charge in [-0.25, -0.2) is 9.59 Å². The summed E-state index contributed by atoms with van der Waals surface area (Å²) in [4.78, 5) is 44.9. The van der Waals surface area contributed by atoms with Crippen molar-refractivity contribution in [2.24, 2.45) is 5.73 Å². The van der Waals surface area contributed by atoms with Gasteiger partial charge in [-0.15, -0.1) is 0 Å². The van der Waals surface area contributed by atoms with Gasteiger partial charge >= 0.3 is 23.8 Å². The van der Waals surface area contributed by atoms with Crippen molar-refractivity contribution < 1.29 is 37.4 Å². The number of alkyl halides is 3. The first-order chi connectivity index (χ1) is 15.8. The van der Waals surface area contributed by atoms with Crippen molar-refractivity contribution in [2.75, 3.05) is 6.61 Å². The number of carboxylic acids is 1. The molecule has 1 aromatic heterocycles. The Morgan fingerprint density at radius 3 is 2.24 bits per heavy atom. The van der Waals surface area contributed by atoms with Crippen LogP contribution < -0.4 is 16.7 Å². The number of esters is 1. The minimum Gasteiger partial charge on any atom is -0.475 e. The zero-order valence-corrected chi connectivity index (χ0v) is 18.3. The first-order valence-corrected chi connectivity index (χ1v) is 9.74. The number of aliphatic carboxylic acids is 1. The molecule has 1 unspecified atom stereocenters. The summed E-state index contributed by atoms with van der Waals surface area (Å²) in [5.74, 6) is -3.58. The Bertz CT molecular complexity index is 1080. The molecule has 0 saturated carbocycles. The molecule has 0 aliphatic heterocycles. The summed E-state index contributed by atoms with van der Waals surface area (Å²) in [6.45, 7) is 3.53. The lowest BCUT2D eigenvalue weighted by Crippen LogP contribution is -2.38. The molecule has 2 aromatic rings. The van der Waals surface area contributed by atoms with Crippen molar-refractivity contribution in [3.8, 4) is 5.69 Å². The van der Waals surface area contributed by atoms with E-state index in [0.29, 0.717) is 11.3 Å². The molecule has 1 amide bonds. The van der Waals surface area contributed by atoms with E-state index in [1.54, 1.807) is 44.3 Å². The van der Waals surface area contributed by atoms with E-state index < -0.39 is 18.2 Å². The second-order valence-electron chi connectivity index (χ2n) is 6.82. The van der Waals surface area contributed by atoms with E-state index in [0.717, 1.165) is 0 Å². The van der Waals surface area contributed by atoms with Crippen LogP contribution in [0.3, 0.4) is 0 Å². The number of amidine groups is 1. The fourth-order valence-electron chi connectivity index (χ4n) is 2.53. The topological polar surface area (TPSA) is 169 Å². The third-order valence-electron chi connectivity index (χ3n) is 4.05. The average molecular weight is 487 g/mol. The first-order valence-electron chi connectivity index (χ1n) is 9.74. The monoisotopic (exact) mass is 487 g/mol. The van der Waals surface area contributed by atoms with Gasteiger partial charge in [-0.1, -0.05) is 0 Å². The summed E-state index contributed by atoms with van der Waals surface area (Å²) in [6.07, 6.45) is -1.95. The van der Waals surface area contributed by atoms with Crippen LogP contribution in [0.4, 0.5) is 13.2 Å². The van der Waals surface area contributed by atoms with E-state index in [4.69, 9.17) is 25.8 Å². The van der Waals surface area contributed by atoms with Crippen LogP contribution in [0.25, 0.3) is 5.69 Å². The molecular weight excluding hydrogens is 463 g/mol. The number of hydrogen-bond acceptors (Lipinski definition) is 6. The summed E-state index contributed by atoms with van der Waals surface area (Å²) < 4.78 is 39.2. The lowest BCUT2D eigenvalue weighted by atomic mass is 10.2. The Morgan fingerprint density at radius 1 is 1.21 bits per heavy atom. The van der Waals surface area contributed by atoms with E-state index in [9.17, 15) is 27.6 Å². The maximum atomic E-state index is 12.5. The Balaban J connectivity index is 0.000000718. The molecule has 0 aliphatic carbocycles. The van der Waals surface area contributed by atoms with Crippen molar-refractivity contribution in [2.45, 2.75) is 39.0 Å². The number of aromatic nitrogens is 2. The van der Waals surface area contributed by atoms with Crippen LogP contribution in [0.15, 0.2) is 41.5 Å². The zero-order valence-electron chi connectivity index (χ0n) is 18.3. The fraction of sp³-hybridized carbons (Fsp3) is 0.350. The predicted molar refractivity (Wildman–Crippen MR) is 114 cm³/mol. The molecule has 0 spiro atoms. The van der Waals surface area contributed by atoms with E-state index in [1.165, 1.54) is 15.3 Å². The minimum absolute atomic E-state index is 0.0555. The van der Waals surface area contributed by atoms with Crippen molar-refractivity contribution >= 4 is 23.7 Å². The van der Waals surface area contributed by atoms with Crippen molar-refractivity contribution in [1.29, 1.82) is 5.41 Å². The number of amides is 1. The number of nitrogens with one attached hydrogen (secondary N) is 2. The highest BCUT2D eigenvalue weighted by molar-refractivity contribution is 5.95. The largest absolute Gasteiger partial charge is 0.490 e. The number of benzene rings is 1. The van der Waals surface area contributed by atoms with Crippen LogP contribution in [0.2, 0.25) is 0 Å². The number of carbonyl (C=O) groups excluding carboxylic acids is 2. The smallest absolute Gasteiger partial charge is 0.475 e. The van der Waals surface area contributed by atoms with Crippen LogP contribution in [0.5, 0.6) is 0 Å². The summed E-state index contributed by atoms with van der Waals surface area (Å²) in [6, 6.07) is 6.23. The second kappa shape index (κ2) is 12.2. The predicted octanol–water partition coefficient (Wildman–Crippen LogP) is 1.01. The van der Waals surface area contributed by atoms with Gasteiger partial charge in [0.1, 0.15) is 12.4 Å². The second-order valence-corrected chi connectivity index (χ2v) is 6.82. The summed E-state index contributed by atoms with van der Waals surface area (Å²) in [7, 11) is 0. The molecule has 1 heterocycles. The quantitative estimate of drug-likeness (QED) is 0.245. The molecule has 0 radical (unpaired) electrons. The Morgan fingerprint density at radius 2 is 1.76 bits per heavy atom. The maximum absolute atomic E-state index is 12.5. The molecule has 14 heteroatoms. The number of nitrogens with zero attached hydrogens (tertiary/aromatic N) is 2. The Labute approximate surface area is 191 Å². The number of carboxylic acid groups (broad SMARTS) is 1. The van der Waals surface area contributed by atoms with Gasteiger partial charge in [-0.3, -0.25) is 24.1 Å². The highest BCUT2D eigenvalue weighted by atomic mass is 19.4. The molecule has 186 valence electrons. The number of carbonyl (C=O) groups is 3. The van der Waals surface area contributed by atoms with Crippen molar-refractivity contribution in [1.82, 2.24) is 14.5 Å². The highest BCUT2D eigenvalue weighted by Gasteiger charge is 2.38. The summed E-state index contributed by atoms with van der Waals surface area (Å²) >= 11 is 0. The van der Waals surface area contributed by atoms with Gasteiger partial charge in [-0.05, 0) is 38.1 Å². The number of rotatable bonds is 8. The lowest BCUT2D eigenvalue weighted by molar-refractivity contribution is -0.192. The van der Waals surface area contributed by atoms with E-state index in [1.807, 2.05) is 0 Å². The van der Waals surface area contributed by atoms with E-state index >= 15 is 0 Å². The molecule has 11 nitrogen and oxygen atoms in total. The number of imidazole rings is 1. The third-order valence-corrected chi connectivity index (χ3v) is 4.05. The average Bonchev–Trinajstić information content (AvgIpc) is 3.07. The van der Waals surface area contributed by atoms with Gasteiger partial charge in [0.15, 0.2) is 0 Å². The van der Waals surface area contributed by atoms with Crippen LogP contribution in [-0.2, 0) is 25.7 Å². The van der Waals surface area contributed by atoms with Gasteiger partial charge in [0.25, 0.3) is 0 Å². The number of nitrogen functional groups attached to an aromatic ring is 1. The van der Waals surface area contributed by atoms with E-state index in [-0.39, 0.29) is 43.0 Å². The first kappa shape index (κ1) is 27.9. The normalized spacial score (nSPS) is 11.6. The number of halogens is 3. The molecule has 1 atom stereocenters. The van der Waals surface area contributed by atoms with Crippen LogP contribution in [-0.4, -0.2) is 56.7 Å². The molecule has 34 heavy (non-hydrogen) atoms. The third kappa shape index (κ3) is 8.80. The lowest BCUT2D eigenvalue weighted by Gasteiger charge is -2.13. The van der Waals surface area contributed by atoms with Crippen LogP contribution in [0, 0.1) is 5.41 Å². The van der Waals surface area contributed by atoms with Gasteiger partial charge in [-0.2, -0.15) is 13.2 Å². The maximum Gasteiger partial charge on any atom is 0.490 e. The van der Waals surface area contributed by atoms with E-state index in [2.05, 4.69) is 5.32 Å². The summed E-state index contributed by atoms with van der Waals surface area (Å²) in [5, 5.41) is 17.2. The minimum atomic E-state index is -5.08. The molecular formula is C20H24F3N5O6. The SMILES string of the molecule is CCOC(=O)CC(C)NC(=O)Cn1ccn(-c2ccc(C(=N)N)cc2)c1=O.O=C(O)C(F)(F)F. The van der Waals surface area contributed by atoms with Crippen molar-refractivity contribution in [3.63, 3.8) is 0 Å². The molecule has 0 saturated heterocycles. The molecule has 1 aromatic carbocycles. The molecule has 0 bridgehead atoms. The highest BCUT2D eigenvalue weighted by Crippen LogP contribution is 2.13. The zero-order chi connectivity index (χ0) is 26.1. The summed E-state index contributed by atoms with van der Waals surface area (Å²) in [5.41, 5.74) is 6.19. The van der Waals surface area contributed by atoms with Gasteiger partial charge in [0, 0.05) is 24.0 Å². The Hall–Kier alpha value is -4.10. The number of ether oxygens (including phenoxy) is 1. The van der Waals surface area contributed by atoms with Gasteiger partial charge in [0.2, 0.25) is 5.91 Å². The molecule has 5 N–H and O–H groups in total. The van der Waals surface area contributed by atoms with Crippen molar-refractivity contribution in [3.05, 3.63) is 52.7 Å².